The molecular formula is C26H31N5O5. The van der Waals surface area contributed by atoms with Crippen LogP contribution in [-0.2, 0) is 36.1 Å². The van der Waals surface area contributed by atoms with Gasteiger partial charge in [-0.15, -0.1) is 0 Å². The van der Waals surface area contributed by atoms with E-state index in [1.807, 2.05) is 31.3 Å². The summed E-state index contributed by atoms with van der Waals surface area (Å²) in [5.41, 5.74) is 2.72. The first kappa shape index (κ1) is 24.1. The van der Waals surface area contributed by atoms with E-state index in [9.17, 15) is 14.4 Å². The Morgan fingerprint density at radius 2 is 1.92 bits per heavy atom. The van der Waals surface area contributed by atoms with Gasteiger partial charge >= 0.3 is 5.97 Å². The monoisotopic (exact) mass is 493 g/mol. The van der Waals surface area contributed by atoms with Crippen LogP contribution in [0, 0.1) is 0 Å². The molecule has 2 aliphatic heterocycles. The van der Waals surface area contributed by atoms with Crippen molar-refractivity contribution in [1.82, 2.24) is 23.9 Å². The number of fused-ring (bicyclic) bond motifs is 2. The molecule has 0 spiro atoms. The molecule has 1 fully saturated rings. The van der Waals surface area contributed by atoms with Crippen LogP contribution < -0.4 is 10.3 Å². The van der Waals surface area contributed by atoms with Crippen LogP contribution in [0.5, 0.6) is 5.75 Å². The lowest BCUT2D eigenvalue weighted by Gasteiger charge is -2.19. The number of pyridine rings is 1. The molecule has 1 amide bonds. The molecule has 190 valence electrons. The van der Waals surface area contributed by atoms with E-state index in [-0.39, 0.29) is 29.4 Å². The van der Waals surface area contributed by atoms with Crippen LogP contribution in [0.2, 0.25) is 0 Å². The fourth-order valence-corrected chi connectivity index (χ4v) is 5.13. The van der Waals surface area contributed by atoms with Crippen LogP contribution in [0.15, 0.2) is 35.1 Å². The number of imidazole rings is 1. The van der Waals surface area contributed by atoms with Crippen molar-refractivity contribution in [3.8, 4) is 5.75 Å². The Balaban J connectivity index is 1.36. The second-order valence-electron chi connectivity index (χ2n) is 9.25. The van der Waals surface area contributed by atoms with E-state index >= 15 is 0 Å². The Kier molecular flexibility index (Phi) is 6.77. The van der Waals surface area contributed by atoms with E-state index in [0.29, 0.717) is 57.8 Å². The highest BCUT2D eigenvalue weighted by Crippen LogP contribution is 2.25. The summed E-state index contributed by atoms with van der Waals surface area (Å²) >= 11 is 0. The highest BCUT2D eigenvalue weighted by atomic mass is 16.5. The minimum atomic E-state index is -0.533. The SMILES string of the molecule is COC(=O)c1c(OCCN2CCCC2=O)cc(=O)n2c1CCN(Cc1nc3ccccc3n1C)CC2. The number of para-hydroxylation sites is 2. The van der Waals surface area contributed by atoms with Gasteiger partial charge in [-0.2, -0.15) is 0 Å². The fourth-order valence-electron chi connectivity index (χ4n) is 5.13. The number of carbonyl (C=O) groups excluding carboxylic acids is 2. The molecule has 3 aromatic rings. The van der Waals surface area contributed by atoms with Crippen LogP contribution in [0.4, 0.5) is 0 Å². The molecule has 0 N–H and O–H groups in total. The number of hydrogen-bond donors (Lipinski definition) is 0. The number of aryl methyl sites for hydroxylation is 1. The number of hydrogen-bond acceptors (Lipinski definition) is 7. The first-order valence-electron chi connectivity index (χ1n) is 12.3. The second kappa shape index (κ2) is 10.1. The van der Waals surface area contributed by atoms with Crippen molar-refractivity contribution in [3.63, 3.8) is 0 Å². The van der Waals surface area contributed by atoms with Gasteiger partial charge in [-0.05, 0) is 18.6 Å². The van der Waals surface area contributed by atoms with E-state index in [0.717, 1.165) is 23.3 Å². The van der Waals surface area contributed by atoms with Gasteiger partial charge in [0.2, 0.25) is 5.91 Å². The van der Waals surface area contributed by atoms with E-state index < -0.39 is 5.97 Å². The zero-order valence-electron chi connectivity index (χ0n) is 20.7. The lowest BCUT2D eigenvalue weighted by atomic mass is 10.1. The third-order valence-corrected chi connectivity index (χ3v) is 7.11. The summed E-state index contributed by atoms with van der Waals surface area (Å²) < 4.78 is 14.7. The number of esters is 1. The van der Waals surface area contributed by atoms with E-state index in [4.69, 9.17) is 14.5 Å². The van der Waals surface area contributed by atoms with Gasteiger partial charge in [0.1, 0.15) is 23.7 Å². The van der Waals surface area contributed by atoms with Gasteiger partial charge in [0, 0.05) is 57.8 Å². The Morgan fingerprint density at radius 3 is 2.67 bits per heavy atom. The first-order valence-corrected chi connectivity index (χ1v) is 12.3. The average molecular weight is 494 g/mol. The molecule has 0 radical (unpaired) electrons. The van der Waals surface area contributed by atoms with Gasteiger partial charge in [-0.25, -0.2) is 9.78 Å². The fraction of sp³-hybridized carbons (Fsp3) is 0.462. The molecule has 0 atom stereocenters. The normalized spacial score (nSPS) is 16.3. The number of carbonyl (C=O) groups is 2. The molecule has 2 aliphatic rings. The van der Waals surface area contributed by atoms with Crippen LogP contribution in [0.3, 0.4) is 0 Å². The number of likely N-dealkylation sites (tertiary alicyclic amines) is 1. The van der Waals surface area contributed by atoms with Gasteiger partial charge in [-0.3, -0.25) is 14.5 Å². The van der Waals surface area contributed by atoms with Crippen molar-refractivity contribution in [2.75, 3.05) is 39.9 Å². The highest BCUT2D eigenvalue weighted by molar-refractivity contribution is 5.93. The lowest BCUT2D eigenvalue weighted by molar-refractivity contribution is -0.128. The lowest BCUT2D eigenvalue weighted by Crippen LogP contribution is -2.31. The van der Waals surface area contributed by atoms with E-state index in [1.165, 1.54) is 13.2 Å². The summed E-state index contributed by atoms with van der Waals surface area (Å²) in [6.07, 6.45) is 1.89. The molecule has 1 aromatic carbocycles. The molecule has 4 heterocycles. The molecule has 1 saturated heterocycles. The van der Waals surface area contributed by atoms with Gasteiger partial charge < -0.3 is 23.5 Å². The molecule has 36 heavy (non-hydrogen) atoms. The number of benzene rings is 1. The van der Waals surface area contributed by atoms with E-state index in [2.05, 4.69) is 9.47 Å². The largest absolute Gasteiger partial charge is 0.491 e. The summed E-state index contributed by atoms with van der Waals surface area (Å²) in [5.74, 6) is 0.737. The summed E-state index contributed by atoms with van der Waals surface area (Å²) in [6.45, 7) is 3.72. The van der Waals surface area contributed by atoms with Crippen LogP contribution in [0.1, 0.15) is 34.7 Å². The van der Waals surface area contributed by atoms with Crippen LogP contribution >= 0.6 is 0 Å². The minimum Gasteiger partial charge on any atom is -0.491 e. The maximum absolute atomic E-state index is 13.0. The first-order chi connectivity index (χ1) is 17.5. The number of amides is 1. The van der Waals surface area contributed by atoms with Gasteiger partial charge in [0.25, 0.3) is 5.56 Å². The maximum Gasteiger partial charge on any atom is 0.343 e. The summed E-state index contributed by atoms with van der Waals surface area (Å²) in [5, 5.41) is 0. The zero-order chi connectivity index (χ0) is 25.2. The molecule has 0 bridgehead atoms. The third kappa shape index (κ3) is 4.60. The smallest absolute Gasteiger partial charge is 0.343 e. The van der Waals surface area contributed by atoms with Gasteiger partial charge in [0.15, 0.2) is 0 Å². The van der Waals surface area contributed by atoms with E-state index in [1.54, 1.807) is 9.47 Å². The molecular weight excluding hydrogens is 462 g/mol. The summed E-state index contributed by atoms with van der Waals surface area (Å²) in [7, 11) is 3.34. The predicted octanol–water partition coefficient (Wildman–Crippen LogP) is 1.58. The number of rotatable bonds is 7. The molecule has 0 saturated carbocycles. The number of methoxy groups -OCH3 is 1. The number of nitrogens with zero attached hydrogens (tertiary/aromatic N) is 5. The Morgan fingerprint density at radius 1 is 1.08 bits per heavy atom. The van der Waals surface area contributed by atoms with Crippen molar-refractivity contribution in [3.05, 3.63) is 57.8 Å². The molecule has 10 heteroatoms. The van der Waals surface area contributed by atoms with Crippen molar-refractivity contribution in [1.29, 1.82) is 0 Å². The molecule has 10 nitrogen and oxygen atoms in total. The number of ether oxygens (including phenoxy) is 2. The van der Waals surface area contributed by atoms with Gasteiger partial charge in [0.05, 0.1) is 31.2 Å². The van der Waals surface area contributed by atoms with Crippen molar-refractivity contribution in [2.24, 2.45) is 7.05 Å². The summed E-state index contributed by atoms with van der Waals surface area (Å²) in [6, 6.07) is 9.39. The molecule has 5 rings (SSSR count). The van der Waals surface area contributed by atoms with Crippen molar-refractivity contribution < 1.29 is 19.1 Å². The Bertz CT molecular complexity index is 1360. The van der Waals surface area contributed by atoms with Crippen molar-refractivity contribution in [2.45, 2.75) is 32.4 Å². The quantitative estimate of drug-likeness (QED) is 0.461. The third-order valence-electron chi connectivity index (χ3n) is 7.11. The molecule has 0 unspecified atom stereocenters. The average Bonchev–Trinajstić information content (AvgIpc) is 3.34. The standard InChI is InChI=1S/C26H31N5O5/c1-28-19-7-4-3-6-18(19)27-22(28)17-29-11-9-20-25(26(34)35-2)21(16-24(33)31(20)13-12-29)36-15-14-30-10-5-8-23(30)32/h3-4,6-7,16H,5,8-15,17H2,1-2H3. The molecule has 0 aliphatic carbocycles. The topological polar surface area (TPSA) is 98.9 Å². The maximum atomic E-state index is 13.0. The highest BCUT2D eigenvalue weighted by Gasteiger charge is 2.27. The van der Waals surface area contributed by atoms with Crippen LogP contribution in [0.25, 0.3) is 11.0 Å². The summed E-state index contributed by atoms with van der Waals surface area (Å²) in [4.78, 5) is 46.5. The van der Waals surface area contributed by atoms with Crippen LogP contribution in [-0.4, -0.2) is 75.7 Å². The Labute approximate surface area is 209 Å². The zero-order valence-corrected chi connectivity index (χ0v) is 20.7. The number of aromatic nitrogens is 3. The minimum absolute atomic E-state index is 0.106. The van der Waals surface area contributed by atoms with Gasteiger partial charge in [-0.1, -0.05) is 12.1 Å². The molecule has 2 aromatic heterocycles. The Hall–Kier alpha value is -3.66. The predicted molar refractivity (Wildman–Crippen MR) is 133 cm³/mol. The second-order valence-corrected chi connectivity index (χ2v) is 9.25. The van der Waals surface area contributed by atoms with Crippen molar-refractivity contribution >= 4 is 22.9 Å².